The molecule has 0 radical (unpaired) electrons. The lowest BCUT2D eigenvalue weighted by molar-refractivity contribution is -0.228. The van der Waals surface area contributed by atoms with Crippen LogP contribution in [0.4, 0.5) is 23.7 Å². The second kappa shape index (κ2) is 7.54. The van der Waals surface area contributed by atoms with Gasteiger partial charge in [-0.3, -0.25) is 0 Å². The summed E-state index contributed by atoms with van der Waals surface area (Å²) in [6.07, 6.45) is 0.712. The molecule has 3 N–H and O–H groups in total. The van der Waals surface area contributed by atoms with Gasteiger partial charge in [-0.05, 0) is 30.4 Å². The van der Waals surface area contributed by atoms with E-state index in [2.05, 4.69) is 25.6 Å². The fraction of sp³-hybridized carbons (Fsp3) is 0.150. The molecular weight excluding hydrogens is 399 g/mol. The number of para-hydroxylation sites is 1. The fourth-order valence-electron chi connectivity index (χ4n) is 2.98. The number of urea groups is 1. The van der Waals surface area contributed by atoms with E-state index in [9.17, 15) is 18.0 Å². The summed E-state index contributed by atoms with van der Waals surface area (Å²) in [6, 6.07) is 9.65. The molecule has 0 saturated carbocycles. The number of halogens is 3. The minimum absolute atomic E-state index is 0.185. The van der Waals surface area contributed by atoms with Crippen LogP contribution < -0.4 is 15.4 Å². The van der Waals surface area contributed by atoms with Crippen molar-refractivity contribution in [2.45, 2.75) is 18.2 Å². The summed E-state index contributed by atoms with van der Waals surface area (Å²) in [7, 11) is 0. The van der Waals surface area contributed by atoms with Crippen molar-refractivity contribution in [1.29, 1.82) is 0 Å². The average Bonchev–Trinajstić information content (AvgIpc) is 3.19. The zero-order valence-electron chi connectivity index (χ0n) is 15.4. The molecule has 7 nitrogen and oxygen atoms in total. The molecule has 3 aromatic rings. The highest BCUT2D eigenvalue weighted by Gasteiger charge is 2.56. The number of alkyl halides is 3. The van der Waals surface area contributed by atoms with Crippen molar-refractivity contribution in [2.75, 3.05) is 5.32 Å². The zero-order chi connectivity index (χ0) is 21.2. The molecule has 0 aliphatic heterocycles. The molecular formula is C20H16F3N5O2. The monoisotopic (exact) mass is 415 g/mol. The number of hydrogen-bond acceptors (Lipinski definition) is 4. The number of nitrogens with one attached hydrogen (secondary N) is 3. The van der Waals surface area contributed by atoms with Crippen molar-refractivity contribution in [3.63, 3.8) is 0 Å². The highest BCUT2D eigenvalue weighted by molar-refractivity contribution is 5.90. The summed E-state index contributed by atoms with van der Waals surface area (Å²) >= 11 is 0. The summed E-state index contributed by atoms with van der Waals surface area (Å²) in [5, 5.41) is 5.45. The van der Waals surface area contributed by atoms with Gasteiger partial charge in [0.05, 0.1) is 5.39 Å². The maximum atomic E-state index is 13.9. The summed E-state index contributed by atoms with van der Waals surface area (Å²) in [4.78, 5) is 22.7. The molecule has 30 heavy (non-hydrogen) atoms. The predicted octanol–water partition coefficient (Wildman–Crippen LogP) is 4.30. The minimum atomic E-state index is -4.72. The van der Waals surface area contributed by atoms with Gasteiger partial charge < -0.3 is 20.4 Å². The van der Waals surface area contributed by atoms with Crippen molar-refractivity contribution in [1.82, 2.24) is 20.3 Å². The van der Waals surface area contributed by atoms with Crippen LogP contribution in [-0.4, -0.2) is 32.8 Å². The number of aromatic amines is 1. The van der Waals surface area contributed by atoms with Gasteiger partial charge in [0.25, 0.3) is 0 Å². The molecule has 4 rings (SSSR count). The maximum Gasteiger partial charge on any atom is 0.432 e. The molecule has 2 heterocycles. The van der Waals surface area contributed by atoms with Crippen LogP contribution in [0.25, 0.3) is 11.0 Å². The first-order valence-electron chi connectivity index (χ1n) is 8.93. The van der Waals surface area contributed by atoms with E-state index in [-0.39, 0.29) is 11.6 Å². The lowest BCUT2D eigenvalue weighted by atomic mass is 9.93. The van der Waals surface area contributed by atoms with Gasteiger partial charge in [-0.25, -0.2) is 14.8 Å². The van der Waals surface area contributed by atoms with E-state index in [1.54, 1.807) is 30.3 Å². The van der Waals surface area contributed by atoms with E-state index in [1.165, 1.54) is 18.3 Å². The number of H-pyrrole nitrogens is 1. The summed E-state index contributed by atoms with van der Waals surface area (Å²) < 4.78 is 47.2. The van der Waals surface area contributed by atoms with E-state index in [1.807, 2.05) is 0 Å². The van der Waals surface area contributed by atoms with Gasteiger partial charge in [0.1, 0.15) is 12.0 Å². The van der Waals surface area contributed by atoms with Crippen LogP contribution in [0.2, 0.25) is 0 Å². The first-order chi connectivity index (χ1) is 14.4. The third-order valence-corrected chi connectivity index (χ3v) is 4.52. The largest absolute Gasteiger partial charge is 0.456 e. The molecule has 154 valence electrons. The van der Waals surface area contributed by atoms with Crippen LogP contribution in [0.15, 0.2) is 72.8 Å². The Bertz CT molecular complexity index is 1120. The number of carbonyl (C=O) groups is 1. The van der Waals surface area contributed by atoms with Crippen molar-refractivity contribution in [2.24, 2.45) is 0 Å². The lowest BCUT2D eigenvalue weighted by Gasteiger charge is -2.34. The van der Waals surface area contributed by atoms with E-state index in [0.717, 1.165) is 18.5 Å². The normalized spacial score (nSPS) is 18.7. The Morgan fingerprint density at radius 2 is 1.93 bits per heavy atom. The predicted molar refractivity (Wildman–Crippen MR) is 104 cm³/mol. The number of nitrogens with zero attached hydrogens (tertiary/aromatic N) is 2. The molecule has 2 amide bonds. The molecule has 0 saturated heterocycles. The van der Waals surface area contributed by atoms with Crippen LogP contribution in [0, 0.1) is 0 Å². The molecule has 10 heteroatoms. The number of amides is 2. The standard InChI is InChI=1S/C20H16F3N5O2/c21-20(22,23)19(30-17-15-8-11-24-16(15)25-12-26-17)9-6-14(7-10-19)28-18(29)27-13-4-2-1-3-5-13/h1-9,11-12H,10H2,(H,24,25,26)(H2,27,28,29). The molecule has 0 spiro atoms. The average molecular weight is 415 g/mol. The highest BCUT2D eigenvalue weighted by atomic mass is 19.4. The van der Waals surface area contributed by atoms with Gasteiger partial charge in [0.2, 0.25) is 11.5 Å². The smallest absolute Gasteiger partial charge is 0.432 e. The third-order valence-electron chi connectivity index (χ3n) is 4.52. The van der Waals surface area contributed by atoms with E-state index < -0.39 is 24.2 Å². The Balaban J connectivity index is 1.51. The number of anilines is 1. The topological polar surface area (TPSA) is 91.9 Å². The Hall–Kier alpha value is -3.82. The van der Waals surface area contributed by atoms with Crippen molar-refractivity contribution in [3.8, 4) is 5.88 Å². The first kappa shape index (κ1) is 19.5. The van der Waals surface area contributed by atoms with Crippen LogP contribution in [0.5, 0.6) is 5.88 Å². The molecule has 1 aromatic carbocycles. The van der Waals surface area contributed by atoms with Gasteiger partial charge in [-0.15, -0.1) is 0 Å². The fourth-order valence-corrected chi connectivity index (χ4v) is 2.98. The van der Waals surface area contributed by atoms with Crippen LogP contribution in [-0.2, 0) is 0 Å². The van der Waals surface area contributed by atoms with Gasteiger partial charge in [0.15, 0.2) is 0 Å². The number of rotatable bonds is 4. The van der Waals surface area contributed by atoms with Gasteiger partial charge >= 0.3 is 12.2 Å². The second-order valence-corrected chi connectivity index (χ2v) is 6.55. The van der Waals surface area contributed by atoms with Crippen LogP contribution >= 0.6 is 0 Å². The van der Waals surface area contributed by atoms with E-state index in [4.69, 9.17) is 4.74 Å². The third kappa shape index (κ3) is 3.84. The Morgan fingerprint density at radius 3 is 2.63 bits per heavy atom. The molecule has 1 aliphatic rings. The second-order valence-electron chi connectivity index (χ2n) is 6.55. The summed E-state index contributed by atoms with van der Waals surface area (Å²) in [5.74, 6) is -0.185. The van der Waals surface area contributed by atoms with Gasteiger partial charge in [-0.1, -0.05) is 24.3 Å². The SMILES string of the molecule is O=C(NC1=CCC(Oc2ncnc3[nH]ccc23)(C(F)(F)F)C=C1)Nc1ccccc1. The highest BCUT2D eigenvalue weighted by Crippen LogP contribution is 2.41. The quantitative estimate of drug-likeness (QED) is 0.592. The van der Waals surface area contributed by atoms with Crippen LogP contribution in [0.3, 0.4) is 0 Å². The van der Waals surface area contributed by atoms with Crippen molar-refractivity contribution < 1.29 is 22.7 Å². The summed E-state index contributed by atoms with van der Waals surface area (Å²) in [6.45, 7) is 0. The van der Waals surface area contributed by atoms with Crippen molar-refractivity contribution in [3.05, 3.63) is 72.8 Å². The Labute approximate surface area is 168 Å². The number of hydrogen-bond donors (Lipinski definition) is 3. The molecule has 2 aromatic heterocycles. The zero-order valence-corrected chi connectivity index (χ0v) is 15.4. The minimum Gasteiger partial charge on any atom is -0.456 e. The van der Waals surface area contributed by atoms with Crippen LogP contribution in [0.1, 0.15) is 6.42 Å². The number of allylic oxidation sites excluding steroid dienone is 1. The number of carbonyl (C=O) groups excluding carboxylic acids is 1. The Morgan fingerprint density at radius 1 is 1.13 bits per heavy atom. The molecule has 0 fully saturated rings. The van der Waals surface area contributed by atoms with E-state index in [0.29, 0.717) is 16.7 Å². The van der Waals surface area contributed by atoms with Gasteiger partial charge in [0, 0.05) is 24.0 Å². The number of benzene rings is 1. The number of aromatic nitrogens is 3. The molecule has 1 aliphatic carbocycles. The number of fused-ring (bicyclic) bond motifs is 1. The molecule has 1 atom stereocenters. The van der Waals surface area contributed by atoms with Gasteiger partial charge in [-0.2, -0.15) is 13.2 Å². The van der Waals surface area contributed by atoms with E-state index >= 15 is 0 Å². The molecule has 1 unspecified atom stereocenters. The summed E-state index contributed by atoms with van der Waals surface area (Å²) in [5.41, 5.74) is -1.47. The maximum absolute atomic E-state index is 13.9. The first-order valence-corrected chi connectivity index (χ1v) is 8.93. The molecule has 0 bridgehead atoms. The number of ether oxygens (including phenoxy) is 1. The lowest BCUT2D eigenvalue weighted by Crippen LogP contribution is -2.49. The Kier molecular flexibility index (Phi) is 4.90. The van der Waals surface area contributed by atoms with Crippen molar-refractivity contribution >= 4 is 22.8 Å².